The number of halogens is 4. The van der Waals surface area contributed by atoms with Crippen LogP contribution in [0.15, 0.2) is 0 Å². The van der Waals surface area contributed by atoms with Crippen LogP contribution in [-0.2, 0) is 0 Å². The van der Waals surface area contributed by atoms with Gasteiger partial charge in [0.25, 0.3) is 0 Å². The molecule has 1 heterocycles. The zero-order chi connectivity index (χ0) is 8.48. The molecule has 14 heavy (non-hydrogen) atoms. The van der Waals surface area contributed by atoms with Gasteiger partial charge in [0.2, 0.25) is 0 Å². The van der Waals surface area contributed by atoms with Crippen molar-refractivity contribution in [2.45, 2.75) is 19.0 Å². The topological polar surface area (TPSA) is 29.3 Å². The molecule has 0 aromatic rings. The van der Waals surface area contributed by atoms with Crippen molar-refractivity contribution in [2.75, 3.05) is 13.1 Å². The Morgan fingerprint density at radius 2 is 1.57 bits per heavy atom. The van der Waals surface area contributed by atoms with Gasteiger partial charge in [-0.3, -0.25) is 5.84 Å². The van der Waals surface area contributed by atoms with Crippen LogP contribution < -0.4 is 24.7 Å². The SMILES string of the molecule is Cl.NN1CCC(C(F)(F)F)CC1.[Al+3].[H-].[H-].[H-].[H-].[Li+]. The summed E-state index contributed by atoms with van der Waals surface area (Å²) in [6, 6.07) is 0. The van der Waals surface area contributed by atoms with Crippen LogP contribution >= 0.6 is 12.4 Å². The smallest absolute Gasteiger partial charge is 1.00 e. The maximum absolute atomic E-state index is 12.0. The van der Waals surface area contributed by atoms with Crippen LogP contribution in [0.5, 0.6) is 0 Å². The molecular weight excluding hydrogens is 226 g/mol. The van der Waals surface area contributed by atoms with Crippen LogP contribution in [0, 0.1) is 5.92 Å². The van der Waals surface area contributed by atoms with Gasteiger partial charge in [0.1, 0.15) is 0 Å². The Morgan fingerprint density at radius 1 is 1.21 bits per heavy atom. The summed E-state index contributed by atoms with van der Waals surface area (Å²) >= 11 is 0. The first-order valence-corrected chi connectivity index (χ1v) is 3.56. The Labute approximate surface area is 116 Å². The van der Waals surface area contributed by atoms with Crippen LogP contribution in [-0.4, -0.2) is 41.6 Å². The largest absolute Gasteiger partial charge is 3.00 e. The number of nitrogens with zero attached hydrogens (tertiary/aromatic N) is 1. The van der Waals surface area contributed by atoms with Gasteiger partial charge in [0.15, 0.2) is 0 Å². The zero-order valence-electron chi connectivity index (χ0n) is 12.0. The molecule has 0 atom stereocenters. The molecule has 0 bridgehead atoms. The van der Waals surface area contributed by atoms with Gasteiger partial charge in [-0.05, 0) is 12.8 Å². The number of hydrogen-bond donors (Lipinski definition) is 1. The Bertz CT molecular complexity index is 155. The summed E-state index contributed by atoms with van der Waals surface area (Å²) in [6.45, 7) is 0.703. The van der Waals surface area contributed by atoms with Crippen LogP contribution in [0.2, 0.25) is 0 Å². The quantitative estimate of drug-likeness (QED) is 0.420. The summed E-state index contributed by atoms with van der Waals surface area (Å²) in [4.78, 5) is 0. The third-order valence-electron chi connectivity index (χ3n) is 1.99. The summed E-state index contributed by atoms with van der Waals surface area (Å²) in [5.41, 5.74) is 0. The minimum Gasteiger partial charge on any atom is -1.00 e. The third kappa shape index (κ3) is 6.58. The monoisotopic (exact) mass is 242 g/mol. The van der Waals surface area contributed by atoms with E-state index in [0.717, 1.165) is 0 Å². The Morgan fingerprint density at radius 3 is 1.86 bits per heavy atom. The number of hydrazine groups is 1. The average molecular weight is 243 g/mol. The average Bonchev–Trinajstić information content (AvgIpc) is 1.86. The molecule has 0 aliphatic carbocycles. The first kappa shape index (κ1) is 20.5. The van der Waals surface area contributed by atoms with E-state index in [1.807, 2.05) is 0 Å². The van der Waals surface area contributed by atoms with Gasteiger partial charge in [0, 0.05) is 13.1 Å². The molecule has 0 radical (unpaired) electrons. The van der Waals surface area contributed by atoms with E-state index in [0.29, 0.717) is 13.1 Å². The molecule has 0 aromatic carbocycles. The van der Waals surface area contributed by atoms with Crippen molar-refractivity contribution in [3.05, 3.63) is 0 Å². The van der Waals surface area contributed by atoms with Crippen LogP contribution in [0.1, 0.15) is 18.5 Å². The second-order valence-corrected chi connectivity index (χ2v) is 2.85. The Balaban J connectivity index is -0.0000000346. The van der Waals surface area contributed by atoms with Crippen molar-refractivity contribution in [3.63, 3.8) is 0 Å². The van der Waals surface area contributed by atoms with E-state index < -0.39 is 12.1 Å². The fraction of sp³-hybridized carbons (Fsp3) is 1.00. The van der Waals surface area contributed by atoms with Crippen LogP contribution in [0.4, 0.5) is 13.2 Å². The molecule has 82 valence electrons. The summed E-state index contributed by atoms with van der Waals surface area (Å²) in [7, 11) is 0. The molecule has 0 saturated carbocycles. The zero-order valence-corrected chi connectivity index (χ0v) is 10.0. The standard InChI is InChI=1S/C6H11F3N2.Al.ClH.Li.4H/c7-6(8,9)5-1-3-11(10)4-2-5;;;;;;;/h5H,1-4,10H2;;1H;;;;;/q;+3;;+1;4*-1. The predicted octanol–water partition coefficient (Wildman–Crippen LogP) is -1.37. The van der Waals surface area contributed by atoms with Gasteiger partial charge in [-0.25, -0.2) is 5.01 Å². The minimum absolute atomic E-state index is 0. The van der Waals surface area contributed by atoms with Crippen LogP contribution in [0.3, 0.4) is 0 Å². The van der Waals surface area contributed by atoms with Gasteiger partial charge in [-0.15, -0.1) is 12.4 Å². The number of piperidine rings is 1. The van der Waals surface area contributed by atoms with E-state index in [4.69, 9.17) is 5.84 Å². The third-order valence-corrected chi connectivity index (χ3v) is 1.99. The van der Waals surface area contributed by atoms with E-state index in [1.165, 1.54) is 5.01 Å². The number of rotatable bonds is 0. The second kappa shape index (κ2) is 8.30. The molecule has 1 fully saturated rings. The van der Waals surface area contributed by atoms with Crippen molar-refractivity contribution < 1.29 is 37.7 Å². The van der Waals surface area contributed by atoms with Crippen molar-refractivity contribution >= 4 is 29.8 Å². The first-order valence-electron chi connectivity index (χ1n) is 3.56. The van der Waals surface area contributed by atoms with E-state index in [1.54, 1.807) is 0 Å². The van der Waals surface area contributed by atoms with Gasteiger partial charge >= 0.3 is 42.4 Å². The van der Waals surface area contributed by atoms with E-state index in [-0.39, 0.29) is 67.2 Å². The molecule has 1 aliphatic rings. The Hall–Kier alpha value is 1.13. The number of nitrogens with two attached hydrogens (primary N) is 1. The maximum Gasteiger partial charge on any atom is 3.00 e. The molecular formula is C6H16AlClF3LiN2. The second-order valence-electron chi connectivity index (χ2n) is 2.85. The van der Waals surface area contributed by atoms with E-state index >= 15 is 0 Å². The summed E-state index contributed by atoms with van der Waals surface area (Å²) in [5, 5.41) is 1.43. The fourth-order valence-corrected chi connectivity index (χ4v) is 1.23. The van der Waals surface area contributed by atoms with Gasteiger partial charge in [-0.2, -0.15) is 13.2 Å². The molecule has 0 spiro atoms. The summed E-state index contributed by atoms with van der Waals surface area (Å²) in [6.07, 6.45) is -3.75. The normalized spacial score (nSPS) is 18.9. The predicted molar refractivity (Wildman–Crippen MR) is 52.0 cm³/mol. The number of hydrogen-bond acceptors (Lipinski definition) is 2. The van der Waals surface area contributed by atoms with Gasteiger partial charge in [0.05, 0.1) is 5.92 Å². The molecule has 0 amide bonds. The van der Waals surface area contributed by atoms with E-state index in [9.17, 15) is 13.2 Å². The molecule has 1 rings (SSSR count). The summed E-state index contributed by atoms with van der Waals surface area (Å²) < 4.78 is 36.0. The fourth-order valence-electron chi connectivity index (χ4n) is 1.23. The van der Waals surface area contributed by atoms with Crippen LogP contribution in [0.25, 0.3) is 0 Å². The molecule has 2 N–H and O–H groups in total. The van der Waals surface area contributed by atoms with Crippen molar-refractivity contribution in [3.8, 4) is 0 Å². The molecule has 8 heteroatoms. The van der Waals surface area contributed by atoms with Crippen molar-refractivity contribution in [1.29, 1.82) is 0 Å². The molecule has 0 unspecified atom stereocenters. The first-order chi connectivity index (χ1) is 5.00. The molecule has 1 saturated heterocycles. The van der Waals surface area contributed by atoms with Crippen molar-refractivity contribution in [1.82, 2.24) is 5.01 Å². The maximum atomic E-state index is 12.0. The number of alkyl halides is 3. The van der Waals surface area contributed by atoms with Crippen molar-refractivity contribution in [2.24, 2.45) is 11.8 Å². The Kier molecular flexibility index (Phi) is 12.2. The minimum atomic E-state index is -4.03. The molecule has 0 aromatic heterocycles. The molecule has 2 nitrogen and oxygen atoms in total. The summed E-state index contributed by atoms with van der Waals surface area (Å²) in [5.74, 6) is 4.17. The van der Waals surface area contributed by atoms with E-state index in [2.05, 4.69) is 0 Å². The van der Waals surface area contributed by atoms with Gasteiger partial charge in [-0.1, -0.05) is 0 Å². The van der Waals surface area contributed by atoms with Gasteiger partial charge < -0.3 is 5.71 Å². The molecule has 1 aliphatic heterocycles.